The number of aryl methyl sites for hydroxylation is 1. The van der Waals surface area contributed by atoms with E-state index in [-0.39, 0.29) is 5.91 Å². The Bertz CT molecular complexity index is 1190. The highest BCUT2D eigenvalue weighted by molar-refractivity contribution is 5.85. The zero-order chi connectivity index (χ0) is 24.3. The number of rotatable bonds is 5. The normalized spacial score (nSPS) is 21.9. The number of nitrogens with zero attached hydrogens (tertiary/aromatic N) is 6. The van der Waals surface area contributed by atoms with Crippen LogP contribution in [0, 0.1) is 0 Å². The Morgan fingerprint density at radius 1 is 0.833 bits per heavy atom. The molecule has 3 aromatic rings. The summed E-state index contributed by atoms with van der Waals surface area (Å²) in [4.78, 5) is 20.1. The average Bonchev–Trinajstić information content (AvgIpc) is 3.17. The summed E-state index contributed by atoms with van der Waals surface area (Å²) < 4.78 is 2.39. The molecule has 1 aromatic heterocycles. The van der Waals surface area contributed by atoms with Gasteiger partial charge in [0, 0.05) is 58.2 Å². The van der Waals surface area contributed by atoms with E-state index >= 15 is 0 Å². The van der Waals surface area contributed by atoms with Crippen LogP contribution in [0.3, 0.4) is 0 Å². The van der Waals surface area contributed by atoms with Gasteiger partial charge in [-0.2, -0.15) is 0 Å². The number of benzene rings is 2. The lowest BCUT2D eigenvalue weighted by atomic mass is 9.97. The van der Waals surface area contributed by atoms with Crippen LogP contribution in [0.1, 0.15) is 55.2 Å². The van der Waals surface area contributed by atoms with E-state index in [0.29, 0.717) is 12.5 Å². The number of fused-ring (bicyclic) bond motifs is 2. The summed E-state index contributed by atoms with van der Waals surface area (Å²) in [5.74, 6) is 2.99. The lowest BCUT2D eigenvalue weighted by Crippen LogP contribution is -2.51. The Balaban J connectivity index is 1.02. The van der Waals surface area contributed by atoms with Gasteiger partial charge in [-0.1, -0.05) is 48.9 Å². The average molecular weight is 487 g/mol. The molecular formula is C29H38N6O. The summed E-state index contributed by atoms with van der Waals surface area (Å²) in [5, 5.41) is 11.8. The van der Waals surface area contributed by atoms with Gasteiger partial charge in [-0.15, -0.1) is 10.2 Å². The molecular weight excluding hydrogens is 448 g/mol. The van der Waals surface area contributed by atoms with Crippen LogP contribution >= 0.6 is 0 Å². The quantitative estimate of drug-likeness (QED) is 0.551. The van der Waals surface area contributed by atoms with Crippen LogP contribution in [0.15, 0.2) is 42.5 Å². The number of hydrogen-bond acceptors (Lipinski definition) is 5. The van der Waals surface area contributed by atoms with Crippen molar-refractivity contribution in [1.82, 2.24) is 29.5 Å². The Morgan fingerprint density at radius 3 is 2.61 bits per heavy atom. The van der Waals surface area contributed by atoms with Crippen molar-refractivity contribution in [3.63, 3.8) is 0 Å². The third-order valence-corrected chi connectivity index (χ3v) is 8.37. The van der Waals surface area contributed by atoms with E-state index in [9.17, 15) is 4.79 Å². The van der Waals surface area contributed by atoms with Crippen LogP contribution in [-0.4, -0.2) is 81.2 Å². The van der Waals surface area contributed by atoms with Gasteiger partial charge in [0.15, 0.2) is 0 Å². The number of amides is 1. The first-order chi connectivity index (χ1) is 17.7. The fourth-order valence-corrected chi connectivity index (χ4v) is 6.34. The Morgan fingerprint density at radius 2 is 1.69 bits per heavy atom. The van der Waals surface area contributed by atoms with Crippen LogP contribution in [0.5, 0.6) is 0 Å². The predicted octanol–water partition coefficient (Wildman–Crippen LogP) is 3.68. The third kappa shape index (κ3) is 5.04. The zero-order valence-electron chi connectivity index (χ0n) is 21.3. The molecule has 0 N–H and O–H groups in total. The summed E-state index contributed by atoms with van der Waals surface area (Å²) in [5.41, 5.74) is 1.37. The van der Waals surface area contributed by atoms with Gasteiger partial charge in [-0.05, 0) is 48.6 Å². The van der Waals surface area contributed by atoms with Crippen molar-refractivity contribution in [2.75, 3.05) is 45.8 Å². The number of piperazine rings is 1. The second-order valence-electron chi connectivity index (χ2n) is 10.8. The lowest BCUT2D eigenvalue weighted by Gasteiger charge is -2.37. The van der Waals surface area contributed by atoms with Gasteiger partial charge < -0.3 is 9.47 Å². The minimum atomic E-state index is 0.278. The molecule has 3 aliphatic rings. The standard InChI is InChI=1S/C29H38N6O/c36-28(22-33-14-7-11-25(21-33)29-31-30-27-13-2-1-5-15-35(27)29)34-18-16-32(17-19-34)20-24-10-6-9-23-8-3-4-12-26(23)24/h3-4,6,8-10,12,25H,1-2,5,7,11,13-22H2. The number of likely N-dealkylation sites (tertiary alicyclic amines) is 1. The first-order valence-corrected chi connectivity index (χ1v) is 13.9. The molecule has 2 fully saturated rings. The fraction of sp³-hybridized carbons (Fsp3) is 0.552. The molecule has 0 bridgehead atoms. The van der Waals surface area contributed by atoms with Crippen molar-refractivity contribution >= 4 is 16.7 Å². The molecule has 2 saturated heterocycles. The molecule has 0 radical (unpaired) electrons. The summed E-state index contributed by atoms with van der Waals surface area (Å²) in [7, 11) is 0. The van der Waals surface area contributed by atoms with Crippen molar-refractivity contribution in [2.45, 2.75) is 57.5 Å². The van der Waals surface area contributed by atoms with E-state index in [0.717, 1.165) is 83.3 Å². The predicted molar refractivity (Wildman–Crippen MR) is 142 cm³/mol. The van der Waals surface area contributed by atoms with E-state index in [1.165, 1.54) is 35.6 Å². The Labute approximate surface area is 214 Å². The zero-order valence-corrected chi connectivity index (χ0v) is 21.3. The minimum Gasteiger partial charge on any atom is -0.339 e. The second kappa shape index (κ2) is 10.7. The second-order valence-corrected chi connectivity index (χ2v) is 10.8. The van der Waals surface area contributed by atoms with E-state index in [4.69, 9.17) is 0 Å². The van der Waals surface area contributed by atoms with E-state index in [1.54, 1.807) is 0 Å². The largest absolute Gasteiger partial charge is 0.339 e. The molecule has 0 aliphatic carbocycles. The number of carbonyl (C=O) groups excluding carboxylic acids is 1. The smallest absolute Gasteiger partial charge is 0.236 e. The van der Waals surface area contributed by atoms with E-state index in [1.807, 2.05) is 0 Å². The highest BCUT2D eigenvalue weighted by Gasteiger charge is 2.30. The molecule has 6 rings (SSSR count). The van der Waals surface area contributed by atoms with E-state index < -0.39 is 0 Å². The molecule has 0 spiro atoms. The summed E-state index contributed by atoms with van der Waals surface area (Å²) in [6, 6.07) is 15.2. The van der Waals surface area contributed by atoms with Crippen LogP contribution in [0.4, 0.5) is 0 Å². The van der Waals surface area contributed by atoms with Gasteiger partial charge in [0.2, 0.25) is 5.91 Å². The van der Waals surface area contributed by atoms with Crippen molar-refractivity contribution < 1.29 is 4.79 Å². The molecule has 190 valence electrons. The minimum absolute atomic E-state index is 0.278. The highest BCUT2D eigenvalue weighted by atomic mass is 16.2. The van der Waals surface area contributed by atoms with E-state index in [2.05, 4.69) is 71.9 Å². The first-order valence-electron chi connectivity index (χ1n) is 13.9. The molecule has 7 heteroatoms. The van der Waals surface area contributed by atoms with Crippen molar-refractivity contribution in [1.29, 1.82) is 0 Å². The van der Waals surface area contributed by atoms with Crippen molar-refractivity contribution in [3.8, 4) is 0 Å². The maximum absolute atomic E-state index is 13.2. The van der Waals surface area contributed by atoms with Crippen molar-refractivity contribution in [2.24, 2.45) is 0 Å². The molecule has 7 nitrogen and oxygen atoms in total. The monoisotopic (exact) mass is 486 g/mol. The molecule has 3 aliphatic heterocycles. The SMILES string of the molecule is O=C(CN1CCCC(c2nnc3n2CCCCC3)C1)N1CCN(Cc2cccc3ccccc23)CC1. The van der Waals surface area contributed by atoms with Gasteiger partial charge in [-0.3, -0.25) is 14.6 Å². The summed E-state index contributed by atoms with van der Waals surface area (Å²) >= 11 is 0. The van der Waals surface area contributed by atoms with Crippen LogP contribution in [0.2, 0.25) is 0 Å². The first kappa shape index (κ1) is 23.6. The number of piperidine rings is 1. The molecule has 1 atom stereocenters. The summed E-state index contributed by atoms with van der Waals surface area (Å²) in [6.45, 7) is 7.95. The van der Waals surface area contributed by atoms with Gasteiger partial charge in [0.25, 0.3) is 0 Å². The Kier molecular flexibility index (Phi) is 7.01. The molecule has 1 amide bonds. The van der Waals surface area contributed by atoms with Gasteiger partial charge in [0.05, 0.1) is 6.54 Å². The van der Waals surface area contributed by atoms with Crippen molar-refractivity contribution in [3.05, 3.63) is 59.7 Å². The van der Waals surface area contributed by atoms with Crippen LogP contribution in [0.25, 0.3) is 10.8 Å². The third-order valence-electron chi connectivity index (χ3n) is 8.37. The summed E-state index contributed by atoms with van der Waals surface area (Å²) in [6.07, 6.45) is 7.05. The highest BCUT2D eigenvalue weighted by Crippen LogP contribution is 2.28. The number of hydrogen-bond donors (Lipinski definition) is 0. The van der Waals surface area contributed by atoms with Gasteiger partial charge in [0.1, 0.15) is 11.6 Å². The lowest BCUT2D eigenvalue weighted by molar-refractivity contribution is -0.134. The maximum atomic E-state index is 13.2. The number of aromatic nitrogens is 3. The molecule has 36 heavy (non-hydrogen) atoms. The number of carbonyl (C=O) groups is 1. The Hall–Kier alpha value is -2.77. The van der Waals surface area contributed by atoms with Gasteiger partial charge in [-0.25, -0.2) is 0 Å². The van der Waals surface area contributed by atoms with Crippen LogP contribution < -0.4 is 0 Å². The molecule has 2 aromatic carbocycles. The van der Waals surface area contributed by atoms with Gasteiger partial charge >= 0.3 is 0 Å². The van der Waals surface area contributed by atoms with Crippen LogP contribution in [-0.2, 0) is 24.3 Å². The molecule has 1 unspecified atom stereocenters. The fourth-order valence-electron chi connectivity index (χ4n) is 6.34. The molecule has 0 saturated carbocycles. The maximum Gasteiger partial charge on any atom is 0.236 e. The molecule has 4 heterocycles. The topological polar surface area (TPSA) is 57.5 Å².